The van der Waals surface area contributed by atoms with Gasteiger partial charge in [0.15, 0.2) is 17.2 Å². The van der Waals surface area contributed by atoms with E-state index in [0.29, 0.717) is 22.8 Å². The number of aromatic nitrogens is 2. The number of fused-ring (bicyclic) bond motifs is 1. The van der Waals surface area contributed by atoms with E-state index in [1.54, 1.807) is 19.1 Å². The first-order valence-corrected chi connectivity index (χ1v) is 9.10. The fraction of sp³-hybridized carbons (Fsp3) is 0.286. The first kappa shape index (κ1) is 22.1. The highest BCUT2D eigenvalue weighted by Crippen LogP contribution is 2.41. The zero-order valence-electron chi connectivity index (χ0n) is 17.2. The predicted molar refractivity (Wildman–Crippen MR) is 106 cm³/mol. The van der Waals surface area contributed by atoms with Crippen LogP contribution in [0.2, 0.25) is 0 Å². The molecule has 1 aromatic heterocycles. The summed E-state index contributed by atoms with van der Waals surface area (Å²) in [5.74, 6) is 0.120. The summed E-state index contributed by atoms with van der Waals surface area (Å²) in [6.45, 7) is 1.66. The van der Waals surface area contributed by atoms with E-state index in [2.05, 4.69) is 9.97 Å². The van der Waals surface area contributed by atoms with Crippen LogP contribution in [0, 0.1) is 0 Å². The highest BCUT2D eigenvalue weighted by molar-refractivity contribution is 5.97. The van der Waals surface area contributed by atoms with Crippen molar-refractivity contribution >= 4 is 17.0 Å². The molecule has 0 amide bonds. The summed E-state index contributed by atoms with van der Waals surface area (Å²) < 4.78 is 60.3. The van der Waals surface area contributed by atoms with E-state index in [1.165, 1.54) is 27.4 Å². The zero-order valence-corrected chi connectivity index (χ0v) is 17.2. The molecule has 0 bridgehead atoms. The molecule has 2 aromatic carbocycles. The standard InChI is InChI=1S/C21H19F3N2O5/c1-5-31-20(27)18-17(11-8-15(28-2)19(30-4)16(9-11)29-3)25-13-7-6-12(21(22,23)24)10-14(13)26-18/h6-10H,5H2,1-4H3. The summed E-state index contributed by atoms with van der Waals surface area (Å²) in [5, 5.41) is 0. The summed E-state index contributed by atoms with van der Waals surface area (Å²) in [7, 11) is 4.30. The molecule has 164 valence electrons. The average molecular weight is 436 g/mol. The van der Waals surface area contributed by atoms with Crippen LogP contribution in [0.3, 0.4) is 0 Å². The van der Waals surface area contributed by atoms with Crippen molar-refractivity contribution in [3.8, 4) is 28.5 Å². The number of alkyl halides is 3. The van der Waals surface area contributed by atoms with Gasteiger partial charge >= 0.3 is 12.1 Å². The smallest absolute Gasteiger partial charge is 0.416 e. The predicted octanol–water partition coefficient (Wildman–Crippen LogP) is 4.52. The van der Waals surface area contributed by atoms with Gasteiger partial charge in [-0.25, -0.2) is 14.8 Å². The van der Waals surface area contributed by atoms with Crippen LogP contribution in [-0.2, 0) is 10.9 Å². The molecule has 1 heterocycles. The number of hydrogen-bond donors (Lipinski definition) is 0. The summed E-state index contributed by atoms with van der Waals surface area (Å²) in [4.78, 5) is 21.1. The molecule has 0 spiro atoms. The Morgan fingerprint density at radius 1 is 0.935 bits per heavy atom. The van der Waals surface area contributed by atoms with Crippen molar-refractivity contribution in [2.24, 2.45) is 0 Å². The van der Waals surface area contributed by atoms with E-state index >= 15 is 0 Å². The third kappa shape index (κ3) is 4.32. The summed E-state index contributed by atoms with van der Waals surface area (Å²) in [6.07, 6.45) is -4.56. The molecule has 0 aliphatic heterocycles. The third-order valence-electron chi connectivity index (χ3n) is 4.40. The topological polar surface area (TPSA) is 79.8 Å². The summed E-state index contributed by atoms with van der Waals surface area (Å²) in [6, 6.07) is 6.06. The number of halogens is 3. The lowest BCUT2D eigenvalue weighted by molar-refractivity contribution is -0.137. The van der Waals surface area contributed by atoms with Crippen molar-refractivity contribution in [1.29, 1.82) is 0 Å². The van der Waals surface area contributed by atoms with Crippen molar-refractivity contribution in [3.63, 3.8) is 0 Å². The number of carbonyl (C=O) groups excluding carboxylic acids is 1. The van der Waals surface area contributed by atoms with E-state index in [9.17, 15) is 18.0 Å². The molecule has 0 atom stereocenters. The van der Waals surface area contributed by atoms with Crippen LogP contribution >= 0.6 is 0 Å². The number of nitrogens with zero attached hydrogens (tertiary/aromatic N) is 2. The van der Waals surface area contributed by atoms with Crippen molar-refractivity contribution in [2.45, 2.75) is 13.1 Å². The van der Waals surface area contributed by atoms with Gasteiger partial charge < -0.3 is 18.9 Å². The first-order valence-electron chi connectivity index (χ1n) is 9.10. The lowest BCUT2D eigenvalue weighted by atomic mass is 10.1. The second kappa shape index (κ2) is 8.66. The van der Waals surface area contributed by atoms with Crippen molar-refractivity contribution in [3.05, 3.63) is 41.6 Å². The second-order valence-corrected chi connectivity index (χ2v) is 6.26. The Bertz CT molecular complexity index is 1110. The Labute approximate surface area is 175 Å². The van der Waals surface area contributed by atoms with Gasteiger partial charge in [0.2, 0.25) is 5.75 Å². The highest BCUT2D eigenvalue weighted by atomic mass is 19.4. The van der Waals surface area contributed by atoms with Crippen LogP contribution in [0.5, 0.6) is 17.2 Å². The lowest BCUT2D eigenvalue weighted by Gasteiger charge is -2.15. The second-order valence-electron chi connectivity index (χ2n) is 6.26. The van der Waals surface area contributed by atoms with Crippen LogP contribution in [0.4, 0.5) is 13.2 Å². The Morgan fingerprint density at radius 2 is 1.58 bits per heavy atom. The largest absolute Gasteiger partial charge is 0.493 e. The fourth-order valence-corrected chi connectivity index (χ4v) is 2.99. The highest BCUT2D eigenvalue weighted by Gasteiger charge is 2.31. The minimum atomic E-state index is -4.56. The molecular weight excluding hydrogens is 417 g/mol. The monoisotopic (exact) mass is 436 g/mol. The van der Waals surface area contributed by atoms with Crippen molar-refractivity contribution < 1.29 is 36.9 Å². The first-order chi connectivity index (χ1) is 14.7. The van der Waals surface area contributed by atoms with E-state index < -0.39 is 17.7 Å². The van der Waals surface area contributed by atoms with Crippen LogP contribution < -0.4 is 14.2 Å². The van der Waals surface area contributed by atoms with Crippen LogP contribution in [0.15, 0.2) is 30.3 Å². The Kier molecular flexibility index (Phi) is 6.19. The molecule has 0 saturated carbocycles. The van der Waals surface area contributed by atoms with Crippen molar-refractivity contribution in [1.82, 2.24) is 9.97 Å². The van der Waals surface area contributed by atoms with Gasteiger partial charge in [-0.1, -0.05) is 0 Å². The number of ether oxygens (including phenoxy) is 4. The zero-order chi connectivity index (χ0) is 22.8. The van der Waals surface area contributed by atoms with Gasteiger partial charge in [0.1, 0.15) is 5.69 Å². The molecule has 3 aromatic rings. The number of rotatable bonds is 6. The summed E-state index contributed by atoms with van der Waals surface area (Å²) in [5.41, 5.74) is -0.566. The van der Waals surface area contributed by atoms with E-state index in [1.807, 2.05) is 0 Å². The maximum atomic E-state index is 13.1. The molecular formula is C21H19F3N2O5. The molecule has 0 aliphatic rings. The molecule has 0 fully saturated rings. The van der Waals surface area contributed by atoms with Gasteiger partial charge in [-0.3, -0.25) is 0 Å². The number of methoxy groups -OCH3 is 3. The normalized spacial score (nSPS) is 11.3. The molecule has 0 aliphatic carbocycles. The van der Waals surface area contributed by atoms with E-state index in [0.717, 1.165) is 12.1 Å². The van der Waals surface area contributed by atoms with Crippen LogP contribution in [0.1, 0.15) is 23.0 Å². The maximum absolute atomic E-state index is 13.1. The Morgan fingerprint density at radius 3 is 2.10 bits per heavy atom. The van der Waals surface area contributed by atoms with Crippen LogP contribution in [0.25, 0.3) is 22.3 Å². The third-order valence-corrected chi connectivity index (χ3v) is 4.40. The Hall–Kier alpha value is -3.56. The van der Waals surface area contributed by atoms with Crippen molar-refractivity contribution in [2.75, 3.05) is 27.9 Å². The van der Waals surface area contributed by atoms with Gasteiger partial charge in [0, 0.05) is 5.56 Å². The van der Waals surface area contributed by atoms with E-state index in [-0.39, 0.29) is 29.0 Å². The molecule has 0 unspecified atom stereocenters. The van der Waals surface area contributed by atoms with Gasteiger partial charge in [0.25, 0.3) is 0 Å². The average Bonchev–Trinajstić information content (AvgIpc) is 2.76. The number of hydrogen-bond acceptors (Lipinski definition) is 7. The molecule has 0 radical (unpaired) electrons. The Balaban J connectivity index is 2.30. The quantitative estimate of drug-likeness (QED) is 0.526. The molecule has 7 nitrogen and oxygen atoms in total. The minimum Gasteiger partial charge on any atom is -0.493 e. The minimum absolute atomic E-state index is 0.0514. The van der Waals surface area contributed by atoms with Gasteiger partial charge in [-0.15, -0.1) is 0 Å². The molecule has 31 heavy (non-hydrogen) atoms. The SMILES string of the molecule is CCOC(=O)c1nc2cc(C(F)(F)F)ccc2nc1-c1cc(OC)c(OC)c(OC)c1. The van der Waals surface area contributed by atoms with Gasteiger partial charge in [-0.05, 0) is 37.3 Å². The number of esters is 1. The molecule has 3 rings (SSSR count). The van der Waals surface area contributed by atoms with Gasteiger partial charge in [-0.2, -0.15) is 13.2 Å². The number of carbonyl (C=O) groups is 1. The molecule has 0 saturated heterocycles. The summed E-state index contributed by atoms with van der Waals surface area (Å²) >= 11 is 0. The van der Waals surface area contributed by atoms with Gasteiger partial charge in [0.05, 0.1) is 44.5 Å². The lowest BCUT2D eigenvalue weighted by Crippen LogP contribution is -2.12. The fourth-order valence-electron chi connectivity index (χ4n) is 2.99. The van der Waals surface area contributed by atoms with E-state index in [4.69, 9.17) is 18.9 Å². The molecule has 0 N–H and O–H groups in total. The molecule has 10 heteroatoms. The van der Waals surface area contributed by atoms with Crippen LogP contribution in [-0.4, -0.2) is 43.9 Å². The maximum Gasteiger partial charge on any atom is 0.416 e. The number of benzene rings is 2.